The van der Waals surface area contributed by atoms with Crippen LogP contribution in [0.5, 0.6) is 6.01 Å². The van der Waals surface area contributed by atoms with Gasteiger partial charge in [-0.05, 0) is 44.8 Å². The average molecular weight is 617 g/mol. The van der Waals surface area contributed by atoms with E-state index in [9.17, 15) is 14.4 Å². The number of amides is 1. The van der Waals surface area contributed by atoms with Crippen LogP contribution in [0.2, 0.25) is 0 Å². The lowest BCUT2D eigenvalue weighted by Crippen LogP contribution is -2.55. The van der Waals surface area contributed by atoms with Crippen molar-refractivity contribution in [3.63, 3.8) is 0 Å². The molecular formula is C31H30F2N8O2S. The van der Waals surface area contributed by atoms with E-state index in [0.29, 0.717) is 28.9 Å². The molecule has 0 saturated carbocycles. The van der Waals surface area contributed by atoms with Crippen LogP contribution in [0.3, 0.4) is 0 Å². The van der Waals surface area contributed by atoms with Gasteiger partial charge in [0.25, 0.3) is 5.91 Å². The van der Waals surface area contributed by atoms with Gasteiger partial charge in [-0.3, -0.25) is 14.7 Å². The van der Waals surface area contributed by atoms with Gasteiger partial charge in [0.2, 0.25) is 0 Å². The number of thiazole rings is 1. The Morgan fingerprint density at radius 2 is 1.98 bits per heavy atom. The van der Waals surface area contributed by atoms with E-state index in [1.54, 1.807) is 17.8 Å². The first-order chi connectivity index (χ1) is 21.4. The summed E-state index contributed by atoms with van der Waals surface area (Å²) < 4.78 is 37.5. The van der Waals surface area contributed by atoms with Crippen molar-refractivity contribution in [3.8, 4) is 23.3 Å². The third kappa shape index (κ3) is 4.82. The number of carbonyl (C=O) groups excluding carboxylic acids is 1. The average Bonchev–Trinajstić information content (AvgIpc) is 3.76. The molecule has 7 rings (SSSR count). The number of aromatic nitrogens is 4. The van der Waals surface area contributed by atoms with Gasteiger partial charge < -0.3 is 14.5 Å². The van der Waals surface area contributed by atoms with Crippen molar-refractivity contribution in [1.82, 2.24) is 29.7 Å². The minimum Gasteiger partial charge on any atom is -0.461 e. The highest BCUT2D eigenvalue weighted by Crippen LogP contribution is 2.40. The van der Waals surface area contributed by atoms with Crippen LogP contribution >= 0.6 is 11.3 Å². The molecule has 0 N–H and O–H groups in total. The van der Waals surface area contributed by atoms with Gasteiger partial charge in [0, 0.05) is 31.4 Å². The predicted molar refractivity (Wildman–Crippen MR) is 162 cm³/mol. The first-order valence-electron chi connectivity index (χ1n) is 14.7. The lowest BCUT2D eigenvalue weighted by atomic mass is 9.95. The number of fused-ring (bicyclic) bond motifs is 3. The fourth-order valence-corrected chi connectivity index (χ4v) is 7.71. The molecule has 10 nitrogen and oxygen atoms in total. The summed E-state index contributed by atoms with van der Waals surface area (Å²) in [6, 6.07) is 7.08. The third-order valence-electron chi connectivity index (χ3n) is 9.14. The Morgan fingerprint density at radius 3 is 2.75 bits per heavy atom. The monoisotopic (exact) mass is 616 g/mol. The highest BCUT2D eigenvalue weighted by Gasteiger charge is 2.45. The van der Waals surface area contributed by atoms with E-state index in [1.165, 1.54) is 16.2 Å². The summed E-state index contributed by atoms with van der Waals surface area (Å²) in [6.07, 6.45) is 5.79. The Kier molecular flexibility index (Phi) is 7.34. The van der Waals surface area contributed by atoms with Gasteiger partial charge in [0.1, 0.15) is 23.6 Å². The molecule has 1 atom stereocenters. The maximum absolute atomic E-state index is 16.5. The molecule has 3 saturated heterocycles. The van der Waals surface area contributed by atoms with Crippen molar-refractivity contribution in [2.75, 3.05) is 44.2 Å². The molecule has 3 fully saturated rings. The molecule has 0 unspecified atom stereocenters. The molecule has 0 aliphatic carbocycles. The van der Waals surface area contributed by atoms with Crippen LogP contribution in [0.1, 0.15) is 32.1 Å². The number of nitrogens with zero attached hydrogens (tertiary/aromatic N) is 8. The Morgan fingerprint density at radius 1 is 1.16 bits per heavy atom. The number of hydrogen-bond acceptors (Lipinski definition) is 10. The summed E-state index contributed by atoms with van der Waals surface area (Å²) in [7, 11) is 0. The number of para-hydroxylation sites is 1. The fourth-order valence-electron chi connectivity index (χ4n) is 7.00. The number of benzene rings is 1. The Labute approximate surface area is 256 Å². The second kappa shape index (κ2) is 11.3. The minimum atomic E-state index is -1.08. The van der Waals surface area contributed by atoms with Crippen molar-refractivity contribution >= 4 is 44.2 Å². The summed E-state index contributed by atoms with van der Waals surface area (Å²) in [5.74, 6) is -2.15. The van der Waals surface area contributed by atoms with Crippen LogP contribution in [0.4, 0.5) is 14.6 Å². The molecule has 226 valence electrons. The number of carbonyl (C=O) groups is 1. The molecule has 1 amide bonds. The van der Waals surface area contributed by atoms with Crippen LogP contribution in [0.25, 0.3) is 32.4 Å². The van der Waals surface area contributed by atoms with E-state index in [1.807, 2.05) is 17.0 Å². The second-order valence-electron chi connectivity index (χ2n) is 11.6. The van der Waals surface area contributed by atoms with Crippen LogP contribution in [-0.2, 0) is 4.79 Å². The number of pyridine rings is 1. The zero-order valence-electron chi connectivity index (χ0n) is 24.0. The molecule has 3 aliphatic rings. The molecule has 3 aromatic heterocycles. The molecule has 3 aliphatic heterocycles. The number of piperazine rings is 1. The summed E-state index contributed by atoms with van der Waals surface area (Å²) >= 11 is 1.47. The summed E-state index contributed by atoms with van der Waals surface area (Å²) in [5, 5.41) is 9.85. The van der Waals surface area contributed by atoms with Gasteiger partial charge in [0.15, 0.2) is 11.6 Å². The van der Waals surface area contributed by atoms with Crippen molar-refractivity contribution in [1.29, 1.82) is 5.26 Å². The molecule has 4 aromatic rings. The molecule has 6 heterocycles. The van der Waals surface area contributed by atoms with Gasteiger partial charge >= 0.3 is 6.01 Å². The predicted octanol–water partition coefficient (Wildman–Crippen LogP) is 4.86. The number of ether oxygens (including phenoxy) is 1. The number of hydrogen-bond donors (Lipinski definition) is 0. The maximum Gasteiger partial charge on any atom is 0.319 e. The zero-order valence-corrected chi connectivity index (χ0v) is 24.8. The summed E-state index contributed by atoms with van der Waals surface area (Å²) in [6.45, 7) is 6.19. The van der Waals surface area contributed by atoms with E-state index in [2.05, 4.69) is 32.5 Å². The summed E-state index contributed by atoms with van der Waals surface area (Å²) in [4.78, 5) is 36.5. The Hall–Kier alpha value is -4.28. The molecule has 0 bridgehead atoms. The standard InChI is InChI=1S/C31H30F2N8O2S/c1-19(32)29(42)41-14-13-39(16-20(41)7-10-34)28-22-15-35-26(21-5-2-6-23-25(21)36-18-44-23)24(33)27(22)37-30(38-28)43-17-31-8-3-11-40(31)12-4-9-31/h2,5-6,15,18,20H,1,3-4,7-9,11-14,16-17H2/t20-/m0/s1. The van der Waals surface area contributed by atoms with Crippen LogP contribution in [-0.4, -0.2) is 86.6 Å². The van der Waals surface area contributed by atoms with E-state index >= 15 is 4.39 Å². The van der Waals surface area contributed by atoms with Crippen LogP contribution < -0.4 is 9.64 Å². The quantitative estimate of drug-likeness (QED) is 0.269. The largest absolute Gasteiger partial charge is 0.461 e. The SMILES string of the molecule is C=C(F)C(=O)N1CCN(c2nc(OCC34CCCN3CCC4)nc3c(F)c(-c4cccc5scnc45)ncc23)C[C@@H]1CC#N. The van der Waals surface area contributed by atoms with Crippen LogP contribution in [0.15, 0.2) is 42.3 Å². The van der Waals surface area contributed by atoms with E-state index in [-0.39, 0.29) is 48.8 Å². The number of nitriles is 1. The highest BCUT2D eigenvalue weighted by molar-refractivity contribution is 7.16. The number of anilines is 1. The molecule has 0 radical (unpaired) electrons. The minimum absolute atomic E-state index is 0.0192. The second-order valence-corrected chi connectivity index (χ2v) is 12.5. The highest BCUT2D eigenvalue weighted by atomic mass is 32.1. The van der Waals surface area contributed by atoms with Gasteiger partial charge in [0.05, 0.1) is 45.2 Å². The van der Waals surface area contributed by atoms with E-state index in [0.717, 1.165) is 43.5 Å². The Bertz CT molecular complexity index is 1810. The number of rotatable bonds is 7. The van der Waals surface area contributed by atoms with Crippen molar-refractivity contribution in [2.45, 2.75) is 43.7 Å². The van der Waals surface area contributed by atoms with E-state index < -0.39 is 23.6 Å². The Balaban J connectivity index is 1.31. The molecule has 44 heavy (non-hydrogen) atoms. The van der Waals surface area contributed by atoms with Crippen molar-refractivity contribution < 1.29 is 18.3 Å². The molecular weight excluding hydrogens is 586 g/mol. The molecule has 0 spiro atoms. The summed E-state index contributed by atoms with van der Waals surface area (Å²) in [5.41, 5.74) is 3.05. The van der Waals surface area contributed by atoms with E-state index in [4.69, 9.17) is 9.72 Å². The van der Waals surface area contributed by atoms with Gasteiger partial charge in [-0.2, -0.15) is 15.2 Å². The number of halogens is 2. The molecule has 13 heteroatoms. The maximum atomic E-state index is 16.5. The normalized spacial score (nSPS) is 19.8. The van der Waals surface area contributed by atoms with Gasteiger partial charge in [-0.15, -0.1) is 11.3 Å². The fraction of sp³-hybridized carbons (Fsp3) is 0.419. The van der Waals surface area contributed by atoms with Crippen molar-refractivity contribution in [3.05, 3.63) is 48.1 Å². The first kappa shape index (κ1) is 28.5. The molecule has 1 aromatic carbocycles. The first-order valence-corrected chi connectivity index (χ1v) is 15.6. The smallest absolute Gasteiger partial charge is 0.319 e. The van der Waals surface area contributed by atoms with Crippen molar-refractivity contribution in [2.24, 2.45) is 0 Å². The van der Waals surface area contributed by atoms with Gasteiger partial charge in [-0.1, -0.05) is 18.7 Å². The lowest BCUT2D eigenvalue weighted by Gasteiger charge is -2.41. The van der Waals surface area contributed by atoms with Gasteiger partial charge in [-0.25, -0.2) is 13.8 Å². The van der Waals surface area contributed by atoms with Crippen LogP contribution in [0, 0.1) is 17.1 Å². The zero-order chi connectivity index (χ0) is 30.4. The topological polar surface area (TPSA) is 111 Å². The lowest BCUT2D eigenvalue weighted by molar-refractivity contribution is -0.131. The third-order valence-corrected chi connectivity index (χ3v) is 9.94.